The quantitative estimate of drug-likeness (QED) is 0.770. The van der Waals surface area contributed by atoms with Crippen LogP contribution in [0.2, 0.25) is 0 Å². The third kappa shape index (κ3) is 3.51. The second kappa shape index (κ2) is 7.41. The highest BCUT2D eigenvalue weighted by Gasteiger charge is 2.32. The summed E-state index contributed by atoms with van der Waals surface area (Å²) in [6.45, 7) is 2.17. The molecule has 2 aliphatic rings. The van der Waals surface area contributed by atoms with Gasteiger partial charge in [0.15, 0.2) is 0 Å². The Bertz CT molecular complexity index is 819. The molecule has 0 saturated heterocycles. The molecule has 1 aliphatic carbocycles. The number of carbonyl (C=O) groups is 1. The summed E-state index contributed by atoms with van der Waals surface area (Å²) in [5.41, 5.74) is 5.88. The minimum absolute atomic E-state index is 0.195. The van der Waals surface area contributed by atoms with E-state index in [-0.39, 0.29) is 5.91 Å². The van der Waals surface area contributed by atoms with Gasteiger partial charge in [0.2, 0.25) is 5.91 Å². The van der Waals surface area contributed by atoms with Crippen molar-refractivity contribution in [1.29, 1.82) is 0 Å². The largest absolute Gasteiger partial charge is 0.315 e. The van der Waals surface area contributed by atoms with Crippen LogP contribution in [0.1, 0.15) is 43.4 Å². The van der Waals surface area contributed by atoms with Crippen molar-refractivity contribution >= 4 is 23.5 Å². The van der Waals surface area contributed by atoms with Gasteiger partial charge in [-0.15, -0.1) is 0 Å². The Morgan fingerprint density at radius 1 is 1.23 bits per heavy atom. The molecule has 1 saturated carbocycles. The highest BCUT2D eigenvalue weighted by atomic mass is 32.2. The molecule has 136 valence electrons. The molecule has 4 rings (SSSR count). The first-order chi connectivity index (χ1) is 12.7. The smallest absolute Gasteiger partial charge is 0.227 e. The Morgan fingerprint density at radius 3 is 2.85 bits per heavy atom. The Hall–Kier alpha value is -1.85. The number of nitrogens with zero attached hydrogens (tertiary/aromatic N) is 2. The van der Waals surface area contributed by atoms with Crippen molar-refractivity contribution in [2.75, 3.05) is 17.7 Å². The Labute approximate surface area is 159 Å². The molecular formula is C21H25N3OS. The van der Waals surface area contributed by atoms with Crippen molar-refractivity contribution in [1.82, 2.24) is 9.71 Å². The number of carbonyl (C=O) groups excluding carboxylic acids is 1. The van der Waals surface area contributed by atoms with E-state index >= 15 is 0 Å². The first-order valence-corrected chi connectivity index (χ1v) is 10.4. The number of aromatic nitrogens is 1. The number of rotatable bonds is 6. The van der Waals surface area contributed by atoms with Crippen molar-refractivity contribution < 1.29 is 4.79 Å². The number of nitrogens with one attached hydrogen (secondary N) is 1. The van der Waals surface area contributed by atoms with E-state index in [1.807, 2.05) is 19.4 Å². The first-order valence-electron chi connectivity index (χ1n) is 9.39. The van der Waals surface area contributed by atoms with Crippen LogP contribution in [-0.2, 0) is 11.2 Å². The summed E-state index contributed by atoms with van der Waals surface area (Å²) in [4.78, 5) is 18.2. The maximum absolute atomic E-state index is 11.9. The van der Waals surface area contributed by atoms with Crippen LogP contribution in [0, 0.1) is 5.92 Å². The van der Waals surface area contributed by atoms with Crippen molar-refractivity contribution in [3.8, 4) is 11.1 Å². The molecule has 1 atom stereocenters. The number of pyridine rings is 1. The van der Waals surface area contributed by atoms with Crippen molar-refractivity contribution in [2.24, 2.45) is 5.92 Å². The number of fused-ring (bicyclic) bond motifs is 1. The summed E-state index contributed by atoms with van der Waals surface area (Å²) in [5, 5.41) is 0. The zero-order valence-electron chi connectivity index (χ0n) is 15.4. The van der Waals surface area contributed by atoms with Gasteiger partial charge in [-0.05, 0) is 60.1 Å². The van der Waals surface area contributed by atoms with Gasteiger partial charge in [-0.2, -0.15) is 0 Å². The van der Waals surface area contributed by atoms with Crippen molar-refractivity contribution in [2.45, 2.75) is 38.6 Å². The molecule has 0 spiro atoms. The fourth-order valence-corrected chi connectivity index (χ4v) is 4.34. The van der Waals surface area contributed by atoms with Crippen LogP contribution in [0.3, 0.4) is 0 Å². The van der Waals surface area contributed by atoms with E-state index in [9.17, 15) is 4.79 Å². The van der Waals surface area contributed by atoms with Crippen LogP contribution >= 0.6 is 11.9 Å². The fraction of sp³-hybridized carbons (Fsp3) is 0.429. The van der Waals surface area contributed by atoms with Crippen LogP contribution in [0.4, 0.5) is 5.69 Å². The maximum Gasteiger partial charge on any atom is 0.227 e. The van der Waals surface area contributed by atoms with E-state index in [2.05, 4.69) is 40.9 Å². The van der Waals surface area contributed by atoms with Crippen molar-refractivity contribution in [3.05, 3.63) is 47.8 Å². The second-order valence-electron chi connectivity index (χ2n) is 7.17. The Balaban J connectivity index is 1.63. The lowest BCUT2D eigenvalue weighted by atomic mass is 9.95. The summed E-state index contributed by atoms with van der Waals surface area (Å²) in [6, 6.07) is 9.05. The van der Waals surface area contributed by atoms with E-state index in [1.54, 1.807) is 16.8 Å². The zero-order valence-corrected chi connectivity index (χ0v) is 16.2. The monoisotopic (exact) mass is 367 g/mol. The third-order valence-electron chi connectivity index (χ3n) is 5.32. The summed E-state index contributed by atoms with van der Waals surface area (Å²) in [6.07, 6.45) is 7.95. The third-order valence-corrected chi connectivity index (χ3v) is 6.03. The maximum atomic E-state index is 11.9. The number of amides is 1. The minimum atomic E-state index is 0.195. The molecule has 1 fully saturated rings. The van der Waals surface area contributed by atoms with Crippen LogP contribution in [0.5, 0.6) is 0 Å². The molecule has 0 bridgehead atoms. The molecule has 1 amide bonds. The molecule has 1 aromatic carbocycles. The Kier molecular flexibility index (Phi) is 5.00. The fourth-order valence-electron chi connectivity index (χ4n) is 3.66. The second-order valence-corrected chi connectivity index (χ2v) is 8.27. The van der Waals surface area contributed by atoms with Crippen LogP contribution < -0.4 is 9.62 Å². The number of aryl methyl sites for hydroxylation is 1. The lowest BCUT2D eigenvalue weighted by molar-refractivity contribution is -0.118. The Morgan fingerprint density at radius 2 is 2.08 bits per heavy atom. The first kappa shape index (κ1) is 17.6. The predicted molar refractivity (Wildman–Crippen MR) is 108 cm³/mol. The van der Waals surface area contributed by atoms with E-state index in [0.29, 0.717) is 12.5 Å². The molecule has 2 aromatic rings. The molecule has 0 radical (unpaired) electrons. The van der Waals surface area contributed by atoms with Gasteiger partial charge >= 0.3 is 0 Å². The highest BCUT2D eigenvalue weighted by Crippen LogP contribution is 2.42. The van der Waals surface area contributed by atoms with Crippen LogP contribution in [0.15, 0.2) is 36.7 Å². The topological polar surface area (TPSA) is 45.2 Å². The predicted octanol–water partition coefficient (Wildman–Crippen LogP) is 4.37. The van der Waals surface area contributed by atoms with Crippen LogP contribution in [0.25, 0.3) is 11.1 Å². The number of anilines is 1. The van der Waals surface area contributed by atoms with Gasteiger partial charge in [-0.1, -0.05) is 24.9 Å². The number of benzene rings is 1. The van der Waals surface area contributed by atoms with E-state index in [4.69, 9.17) is 0 Å². The zero-order chi connectivity index (χ0) is 18.1. The average molecular weight is 368 g/mol. The summed E-state index contributed by atoms with van der Waals surface area (Å²) in [5.74, 6) is 1.99. The van der Waals surface area contributed by atoms with Crippen LogP contribution in [-0.4, -0.2) is 23.7 Å². The number of hydrogen-bond acceptors (Lipinski definition) is 4. The highest BCUT2D eigenvalue weighted by molar-refractivity contribution is 7.97. The van der Waals surface area contributed by atoms with Gasteiger partial charge in [0.05, 0.1) is 0 Å². The lowest BCUT2D eigenvalue weighted by Crippen LogP contribution is -2.30. The summed E-state index contributed by atoms with van der Waals surface area (Å²) < 4.78 is 3.62. The van der Waals surface area contributed by atoms with E-state index in [1.165, 1.54) is 29.5 Å². The van der Waals surface area contributed by atoms with Crippen molar-refractivity contribution in [3.63, 3.8) is 0 Å². The lowest BCUT2D eigenvalue weighted by Gasteiger charge is -2.26. The SMILES string of the molecule is CCSNC(c1cncc(-c2ccc3c(c2)CCC(=O)N3C)c1)C1CC1. The standard InChI is InChI=1S/C21H25N3OS/c1-3-26-23-21(14-4-5-14)18-11-17(12-22-13-18)15-6-8-19-16(10-15)7-9-20(25)24(19)2/h6,8,10-14,21,23H,3-5,7,9H2,1-2H3. The molecule has 1 aliphatic heterocycles. The van der Waals surface area contributed by atoms with Gasteiger partial charge in [0, 0.05) is 48.9 Å². The molecule has 1 aromatic heterocycles. The minimum Gasteiger partial charge on any atom is -0.315 e. The average Bonchev–Trinajstić information content (AvgIpc) is 3.50. The van der Waals surface area contributed by atoms with Gasteiger partial charge in [-0.3, -0.25) is 14.5 Å². The molecule has 1 N–H and O–H groups in total. The molecule has 1 unspecified atom stereocenters. The van der Waals surface area contributed by atoms with Gasteiger partial charge in [0.25, 0.3) is 0 Å². The van der Waals surface area contributed by atoms with E-state index < -0.39 is 0 Å². The van der Waals surface area contributed by atoms with E-state index in [0.717, 1.165) is 29.3 Å². The molecule has 26 heavy (non-hydrogen) atoms. The molecule has 2 heterocycles. The number of hydrogen-bond donors (Lipinski definition) is 1. The summed E-state index contributed by atoms with van der Waals surface area (Å²) >= 11 is 1.78. The summed E-state index contributed by atoms with van der Waals surface area (Å²) in [7, 11) is 1.86. The van der Waals surface area contributed by atoms with Gasteiger partial charge < -0.3 is 4.90 Å². The normalized spacial score (nSPS) is 17.9. The molecular weight excluding hydrogens is 342 g/mol. The van der Waals surface area contributed by atoms with Gasteiger partial charge in [-0.25, -0.2) is 0 Å². The van der Waals surface area contributed by atoms with Gasteiger partial charge in [0.1, 0.15) is 0 Å². The molecule has 5 heteroatoms. The molecule has 4 nitrogen and oxygen atoms in total.